The molecule has 0 aromatic heterocycles. The highest BCUT2D eigenvalue weighted by atomic mass is 35.5. The van der Waals surface area contributed by atoms with Crippen molar-refractivity contribution in [2.24, 2.45) is 23.7 Å². The van der Waals surface area contributed by atoms with Crippen LogP contribution in [0, 0.1) is 23.7 Å². The van der Waals surface area contributed by atoms with Crippen LogP contribution in [0.1, 0.15) is 23.7 Å². The van der Waals surface area contributed by atoms with Crippen LogP contribution in [0.25, 0.3) is 0 Å². The van der Waals surface area contributed by atoms with Gasteiger partial charge in [0.25, 0.3) is 5.91 Å². The number of ether oxygens (including phenoxy) is 1. The van der Waals surface area contributed by atoms with Crippen molar-refractivity contribution >= 4 is 58.3 Å². The number of amides is 3. The predicted molar refractivity (Wildman–Crippen MR) is 127 cm³/mol. The van der Waals surface area contributed by atoms with Gasteiger partial charge in [0.2, 0.25) is 11.8 Å². The molecule has 1 saturated carbocycles. The lowest BCUT2D eigenvalue weighted by molar-refractivity contribution is -0.123. The first-order valence-corrected chi connectivity index (χ1v) is 11.6. The molecule has 2 fully saturated rings. The van der Waals surface area contributed by atoms with Crippen molar-refractivity contribution in [1.29, 1.82) is 0 Å². The van der Waals surface area contributed by atoms with Crippen LogP contribution in [-0.2, 0) is 19.1 Å². The van der Waals surface area contributed by atoms with Crippen molar-refractivity contribution in [1.82, 2.24) is 0 Å². The molecular formula is C25H20Cl2N2O5. The Balaban J connectivity index is 1.26. The molecule has 3 aliphatic rings. The monoisotopic (exact) mass is 498 g/mol. The average molecular weight is 499 g/mol. The molecule has 3 amide bonds. The molecule has 9 heteroatoms. The SMILES string of the molecule is CC1=C[C@H]2C[C@H]1[C@@H]1C(=O)N(c3cccc(C(=O)OCC(=O)Nc4cc(Cl)ccc4Cl)c3)C(=O)[C@H]12. The van der Waals surface area contributed by atoms with E-state index in [4.69, 9.17) is 27.9 Å². The molecule has 2 bridgehead atoms. The first kappa shape index (κ1) is 22.6. The summed E-state index contributed by atoms with van der Waals surface area (Å²) in [6, 6.07) is 10.7. The molecule has 1 heterocycles. The normalized spacial score (nSPS) is 24.8. The van der Waals surface area contributed by atoms with Crippen molar-refractivity contribution in [3.05, 3.63) is 69.7 Å². The molecule has 1 aliphatic heterocycles. The van der Waals surface area contributed by atoms with E-state index < -0.39 is 18.5 Å². The van der Waals surface area contributed by atoms with Crippen LogP contribution in [0.5, 0.6) is 0 Å². The molecule has 2 aromatic rings. The quantitative estimate of drug-likeness (QED) is 0.372. The third kappa shape index (κ3) is 3.79. The van der Waals surface area contributed by atoms with Gasteiger partial charge in [-0.3, -0.25) is 14.4 Å². The highest BCUT2D eigenvalue weighted by molar-refractivity contribution is 6.35. The zero-order valence-electron chi connectivity index (χ0n) is 18.1. The Labute approximate surface area is 205 Å². The highest BCUT2D eigenvalue weighted by Gasteiger charge is 2.60. The molecular weight excluding hydrogens is 479 g/mol. The second-order valence-corrected chi connectivity index (χ2v) is 9.62. The Bertz CT molecular complexity index is 1270. The van der Waals surface area contributed by atoms with Crippen molar-refractivity contribution in [3.63, 3.8) is 0 Å². The lowest BCUT2D eigenvalue weighted by Gasteiger charge is -2.19. The van der Waals surface area contributed by atoms with E-state index in [-0.39, 0.29) is 41.0 Å². The second kappa shape index (κ2) is 8.56. The number of carbonyl (C=O) groups is 4. The minimum Gasteiger partial charge on any atom is -0.452 e. The largest absolute Gasteiger partial charge is 0.452 e. The number of carbonyl (C=O) groups excluding carboxylic acids is 4. The second-order valence-electron chi connectivity index (χ2n) is 8.78. The first-order valence-electron chi connectivity index (χ1n) is 10.8. The fraction of sp³-hybridized carbons (Fsp3) is 0.280. The van der Waals surface area contributed by atoms with Gasteiger partial charge in [-0.05, 0) is 61.6 Å². The van der Waals surface area contributed by atoms with Crippen molar-refractivity contribution in [2.45, 2.75) is 13.3 Å². The van der Waals surface area contributed by atoms with Crippen LogP contribution in [-0.4, -0.2) is 30.3 Å². The van der Waals surface area contributed by atoms with Gasteiger partial charge in [0.15, 0.2) is 6.61 Å². The molecule has 4 atom stereocenters. The molecule has 2 aliphatic carbocycles. The summed E-state index contributed by atoms with van der Waals surface area (Å²) in [4.78, 5) is 52.2. The van der Waals surface area contributed by atoms with Gasteiger partial charge in [0.05, 0.1) is 33.8 Å². The van der Waals surface area contributed by atoms with Gasteiger partial charge in [-0.2, -0.15) is 0 Å². The van der Waals surface area contributed by atoms with Crippen LogP contribution in [0.15, 0.2) is 54.1 Å². The Morgan fingerprint density at radius 3 is 2.65 bits per heavy atom. The third-order valence-electron chi connectivity index (χ3n) is 6.76. The van der Waals surface area contributed by atoms with Gasteiger partial charge in [-0.25, -0.2) is 9.69 Å². The summed E-state index contributed by atoms with van der Waals surface area (Å²) < 4.78 is 5.11. The summed E-state index contributed by atoms with van der Waals surface area (Å²) in [5.41, 5.74) is 1.92. The number of benzene rings is 2. The van der Waals surface area contributed by atoms with Crippen LogP contribution in [0.2, 0.25) is 10.0 Å². The lowest BCUT2D eigenvalue weighted by atomic mass is 9.82. The Kier molecular flexibility index (Phi) is 5.70. The van der Waals surface area contributed by atoms with E-state index in [2.05, 4.69) is 11.4 Å². The standard InChI is InChI=1S/C25H20Cl2N2O5/c1-12-7-14-9-17(12)22-21(14)23(31)29(24(22)32)16-4-2-3-13(8-16)25(33)34-11-20(30)28-19-10-15(26)5-6-18(19)27/h2-8,10,14,17,21-22H,9,11H2,1H3,(H,28,30)/t14-,17+,21-,22-/m0/s1. The Hall–Kier alpha value is -3.16. The zero-order chi connectivity index (χ0) is 24.1. The third-order valence-corrected chi connectivity index (χ3v) is 7.32. The first-order chi connectivity index (χ1) is 16.2. The molecule has 1 N–H and O–H groups in total. The number of rotatable bonds is 5. The highest BCUT2D eigenvalue weighted by Crippen LogP contribution is 2.55. The molecule has 34 heavy (non-hydrogen) atoms. The van der Waals surface area contributed by atoms with E-state index in [0.29, 0.717) is 21.4 Å². The number of hydrogen-bond acceptors (Lipinski definition) is 5. The fourth-order valence-corrected chi connectivity index (χ4v) is 5.63. The molecule has 2 aromatic carbocycles. The number of halogens is 2. The summed E-state index contributed by atoms with van der Waals surface area (Å²) in [6.45, 7) is 1.46. The van der Waals surface area contributed by atoms with E-state index in [9.17, 15) is 19.2 Å². The summed E-state index contributed by atoms with van der Waals surface area (Å²) in [6.07, 6.45) is 2.96. The van der Waals surface area contributed by atoms with Crippen LogP contribution >= 0.6 is 23.2 Å². The number of imide groups is 1. The average Bonchev–Trinajstić information content (AvgIpc) is 3.45. The van der Waals surface area contributed by atoms with Gasteiger partial charge in [-0.1, -0.05) is 40.9 Å². The maximum Gasteiger partial charge on any atom is 0.338 e. The molecule has 1 saturated heterocycles. The van der Waals surface area contributed by atoms with Gasteiger partial charge in [0.1, 0.15) is 0 Å². The number of anilines is 2. The topological polar surface area (TPSA) is 92.8 Å². The van der Waals surface area contributed by atoms with Gasteiger partial charge in [-0.15, -0.1) is 0 Å². The predicted octanol–water partition coefficient (Wildman–Crippen LogP) is 4.49. The van der Waals surface area contributed by atoms with Crippen molar-refractivity contribution in [3.8, 4) is 0 Å². The number of esters is 1. The van der Waals surface area contributed by atoms with Crippen molar-refractivity contribution in [2.75, 3.05) is 16.8 Å². The van der Waals surface area contributed by atoms with Gasteiger partial charge in [0, 0.05) is 5.02 Å². The summed E-state index contributed by atoms with van der Waals surface area (Å²) in [7, 11) is 0. The van der Waals surface area contributed by atoms with Crippen LogP contribution in [0.4, 0.5) is 11.4 Å². The molecule has 174 valence electrons. The summed E-state index contributed by atoms with van der Waals surface area (Å²) in [5.74, 6) is -2.27. The van der Waals surface area contributed by atoms with Crippen LogP contribution in [0.3, 0.4) is 0 Å². The molecule has 7 nitrogen and oxygen atoms in total. The molecule has 0 radical (unpaired) electrons. The maximum absolute atomic E-state index is 13.1. The molecule has 0 unspecified atom stereocenters. The van der Waals surface area contributed by atoms with Gasteiger partial charge >= 0.3 is 5.97 Å². The Morgan fingerprint density at radius 1 is 1.09 bits per heavy atom. The minimum atomic E-state index is -0.758. The smallest absolute Gasteiger partial charge is 0.338 e. The number of hydrogen-bond donors (Lipinski definition) is 1. The van der Waals surface area contributed by atoms with Crippen LogP contribution < -0.4 is 10.2 Å². The number of allylic oxidation sites excluding steroid dienone is 2. The number of nitrogens with zero attached hydrogens (tertiary/aromatic N) is 1. The van der Waals surface area contributed by atoms with E-state index in [1.807, 2.05) is 6.92 Å². The Morgan fingerprint density at radius 2 is 1.85 bits per heavy atom. The molecule has 5 rings (SSSR count). The number of fused-ring (bicyclic) bond motifs is 5. The van der Waals surface area contributed by atoms with Gasteiger partial charge < -0.3 is 10.1 Å². The summed E-state index contributed by atoms with van der Waals surface area (Å²) in [5, 5.41) is 3.21. The van der Waals surface area contributed by atoms with E-state index in [0.717, 1.165) is 6.42 Å². The lowest BCUT2D eigenvalue weighted by Crippen LogP contribution is -2.33. The number of nitrogens with one attached hydrogen (secondary N) is 1. The van der Waals surface area contributed by atoms with E-state index in [1.165, 1.54) is 34.7 Å². The maximum atomic E-state index is 13.1. The van der Waals surface area contributed by atoms with E-state index in [1.54, 1.807) is 18.2 Å². The van der Waals surface area contributed by atoms with E-state index >= 15 is 0 Å². The molecule has 0 spiro atoms. The fourth-order valence-electron chi connectivity index (χ4n) is 5.29. The van der Waals surface area contributed by atoms with Crippen molar-refractivity contribution < 1.29 is 23.9 Å². The summed E-state index contributed by atoms with van der Waals surface area (Å²) >= 11 is 11.9. The zero-order valence-corrected chi connectivity index (χ0v) is 19.6. The minimum absolute atomic E-state index is 0.0936.